The Balaban J connectivity index is 1.15. The summed E-state index contributed by atoms with van der Waals surface area (Å²) >= 11 is 0. The van der Waals surface area contributed by atoms with Gasteiger partial charge in [0.2, 0.25) is 0 Å². The van der Waals surface area contributed by atoms with Crippen LogP contribution in [0.3, 0.4) is 0 Å². The zero-order chi connectivity index (χ0) is 48.3. The van der Waals surface area contributed by atoms with Gasteiger partial charge in [-0.3, -0.25) is 0 Å². The predicted molar refractivity (Wildman–Crippen MR) is 295 cm³/mol. The van der Waals surface area contributed by atoms with Crippen LogP contribution in [0.2, 0.25) is 0 Å². The standard InChI is InChI=1S/C66H44N6/c1-42-27-31-44(32-28-42)48-35-37-58-54(39-48)51-20-9-11-23-56(51)71(58)60-25-13-19-50(41-67)62(60)63-53(66-69-64(46-15-5-3-6-16-46)68-65(70-66)47-17-7-4-8-18-47)22-14-26-61(63)72-57-24-12-10-21-52(57)55-40-49(36-38-59(55)72)45-33-29-43(2)30-34-45/h3-40H,1-2H3. The quantitative estimate of drug-likeness (QED) is 0.152. The molecule has 13 aromatic rings. The Bertz CT molecular complexity index is 4220. The Hall–Kier alpha value is -9.70. The van der Waals surface area contributed by atoms with E-state index in [0.29, 0.717) is 23.0 Å². The number of nitriles is 1. The lowest BCUT2D eigenvalue weighted by molar-refractivity contribution is 1.07. The SMILES string of the molecule is Cc1ccc(-c2ccc3c(c2)c2ccccc2n3-c2cccc(C#N)c2-c2c(-c3nc(-c4ccccc4)nc(-c4ccccc4)n3)cccc2-n2c3ccccc3c3cc(-c4ccc(C)cc4)ccc32)cc1. The normalized spacial score (nSPS) is 11.5. The minimum Gasteiger partial charge on any atom is -0.309 e. The molecule has 0 spiro atoms. The van der Waals surface area contributed by atoms with E-state index >= 15 is 0 Å². The smallest absolute Gasteiger partial charge is 0.164 e. The zero-order valence-electron chi connectivity index (χ0n) is 39.6. The van der Waals surface area contributed by atoms with Crippen molar-refractivity contribution in [1.29, 1.82) is 5.26 Å². The lowest BCUT2D eigenvalue weighted by Crippen LogP contribution is -2.07. The number of nitrogens with zero attached hydrogens (tertiary/aromatic N) is 6. The van der Waals surface area contributed by atoms with Gasteiger partial charge in [0.15, 0.2) is 17.5 Å². The van der Waals surface area contributed by atoms with E-state index in [0.717, 1.165) is 105 Å². The van der Waals surface area contributed by atoms with Crippen molar-refractivity contribution in [1.82, 2.24) is 24.1 Å². The van der Waals surface area contributed by atoms with Crippen LogP contribution in [0.4, 0.5) is 0 Å². The van der Waals surface area contributed by atoms with Crippen molar-refractivity contribution in [3.8, 4) is 85.0 Å². The molecule has 0 aliphatic carbocycles. The molecule has 0 aliphatic rings. The van der Waals surface area contributed by atoms with E-state index in [1.54, 1.807) is 0 Å². The monoisotopic (exact) mass is 920 g/mol. The molecule has 3 heterocycles. The summed E-state index contributed by atoms with van der Waals surface area (Å²) in [6.45, 7) is 4.24. The molecule has 0 bridgehead atoms. The maximum atomic E-state index is 11.5. The van der Waals surface area contributed by atoms with Crippen molar-refractivity contribution in [3.63, 3.8) is 0 Å². The summed E-state index contributed by atoms with van der Waals surface area (Å²) in [7, 11) is 0. The first-order valence-electron chi connectivity index (χ1n) is 24.2. The van der Waals surface area contributed by atoms with Crippen molar-refractivity contribution in [2.45, 2.75) is 13.8 Å². The van der Waals surface area contributed by atoms with Gasteiger partial charge in [0.25, 0.3) is 0 Å². The number of fused-ring (bicyclic) bond motifs is 6. The third-order valence-electron chi connectivity index (χ3n) is 14.0. The number of rotatable bonds is 8. The molecule has 0 atom stereocenters. The molecule has 0 N–H and O–H groups in total. The summed E-state index contributed by atoms with van der Waals surface area (Å²) < 4.78 is 4.69. The van der Waals surface area contributed by atoms with Crippen molar-refractivity contribution in [2.75, 3.05) is 0 Å². The highest BCUT2D eigenvalue weighted by Gasteiger charge is 2.27. The van der Waals surface area contributed by atoms with E-state index in [4.69, 9.17) is 15.0 Å². The Morgan fingerprint density at radius 1 is 0.333 bits per heavy atom. The third kappa shape index (κ3) is 7.14. The summed E-state index contributed by atoms with van der Waals surface area (Å²) in [5, 5.41) is 16.0. The molecular weight excluding hydrogens is 877 g/mol. The van der Waals surface area contributed by atoms with Crippen molar-refractivity contribution >= 4 is 43.6 Å². The van der Waals surface area contributed by atoms with Gasteiger partial charge in [-0.2, -0.15) is 5.26 Å². The molecule has 10 aromatic carbocycles. The first kappa shape index (κ1) is 42.4. The van der Waals surface area contributed by atoms with E-state index in [-0.39, 0.29) is 0 Å². The Kier molecular flexibility index (Phi) is 10.2. The molecule has 3 aromatic heterocycles. The lowest BCUT2D eigenvalue weighted by atomic mass is 9.91. The second-order valence-electron chi connectivity index (χ2n) is 18.5. The fraction of sp³-hybridized carbons (Fsp3) is 0.0303. The van der Waals surface area contributed by atoms with Crippen molar-refractivity contribution < 1.29 is 0 Å². The largest absolute Gasteiger partial charge is 0.309 e. The molecule has 0 radical (unpaired) electrons. The van der Waals surface area contributed by atoms with Crippen molar-refractivity contribution in [2.24, 2.45) is 0 Å². The van der Waals surface area contributed by atoms with Crippen LogP contribution in [0.15, 0.2) is 231 Å². The summed E-state index contributed by atoms with van der Waals surface area (Å²) in [4.78, 5) is 15.8. The van der Waals surface area contributed by atoms with Gasteiger partial charge in [-0.1, -0.05) is 187 Å². The maximum absolute atomic E-state index is 11.5. The molecule has 6 nitrogen and oxygen atoms in total. The number of para-hydroxylation sites is 2. The summed E-state index contributed by atoms with van der Waals surface area (Å²) in [6, 6.07) is 83.4. The summed E-state index contributed by atoms with van der Waals surface area (Å²) in [6.07, 6.45) is 0. The molecule has 0 aliphatic heterocycles. The maximum Gasteiger partial charge on any atom is 0.164 e. The lowest BCUT2D eigenvalue weighted by Gasteiger charge is -2.22. The van der Waals surface area contributed by atoms with Gasteiger partial charge >= 0.3 is 0 Å². The van der Waals surface area contributed by atoms with E-state index in [2.05, 4.69) is 187 Å². The van der Waals surface area contributed by atoms with Gasteiger partial charge in [0.1, 0.15) is 0 Å². The second-order valence-corrected chi connectivity index (χ2v) is 18.5. The van der Waals surface area contributed by atoms with Gasteiger partial charge in [-0.25, -0.2) is 15.0 Å². The number of hydrogen-bond donors (Lipinski definition) is 0. The number of hydrogen-bond acceptors (Lipinski definition) is 4. The molecule has 338 valence electrons. The fourth-order valence-electron chi connectivity index (χ4n) is 10.5. The molecule has 0 amide bonds. The van der Waals surface area contributed by atoms with E-state index in [1.165, 1.54) is 11.1 Å². The number of aromatic nitrogens is 5. The summed E-state index contributed by atoms with van der Waals surface area (Å²) in [5.41, 5.74) is 17.5. The molecule has 0 fully saturated rings. The molecular formula is C66H44N6. The highest BCUT2D eigenvalue weighted by atomic mass is 15.0. The van der Waals surface area contributed by atoms with E-state index in [1.807, 2.05) is 72.8 Å². The first-order chi connectivity index (χ1) is 35.5. The van der Waals surface area contributed by atoms with Crippen LogP contribution >= 0.6 is 0 Å². The molecule has 0 saturated carbocycles. The average molecular weight is 921 g/mol. The molecule has 72 heavy (non-hydrogen) atoms. The fourth-order valence-corrected chi connectivity index (χ4v) is 10.5. The van der Waals surface area contributed by atoms with E-state index in [9.17, 15) is 5.26 Å². The van der Waals surface area contributed by atoms with Crippen LogP contribution in [-0.2, 0) is 0 Å². The topological polar surface area (TPSA) is 72.3 Å². The number of benzene rings is 10. The van der Waals surface area contributed by atoms with Crippen LogP contribution < -0.4 is 0 Å². The molecule has 6 heteroatoms. The van der Waals surface area contributed by atoms with Crippen LogP contribution in [0.1, 0.15) is 16.7 Å². The van der Waals surface area contributed by atoms with Gasteiger partial charge in [0, 0.05) is 49.4 Å². The van der Waals surface area contributed by atoms with Crippen LogP contribution in [0, 0.1) is 25.2 Å². The highest BCUT2D eigenvalue weighted by molar-refractivity contribution is 6.13. The van der Waals surface area contributed by atoms with Gasteiger partial charge in [-0.05, 0) is 90.7 Å². The Morgan fingerprint density at radius 3 is 1.25 bits per heavy atom. The second kappa shape index (κ2) is 17.4. The molecule has 0 saturated heterocycles. The van der Waals surface area contributed by atoms with Crippen LogP contribution in [-0.4, -0.2) is 24.1 Å². The summed E-state index contributed by atoms with van der Waals surface area (Å²) in [5.74, 6) is 1.60. The molecule has 13 rings (SSSR count). The van der Waals surface area contributed by atoms with Crippen molar-refractivity contribution in [3.05, 3.63) is 247 Å². The van der Waals surface area contributed by atoms with Gasteiger partial charge in [-0.15, -0.1) is 0 Å². The van der Waals surface area contributed by atoms with Gasteiger partial charge in [0.05, 0.1) is 45.1 Å². The Morgan fingerprint density at radius 2 is 0.750 bits per heavy atom. The zero-order valence-corrected chi connectivity index (χ0v) is 39.6. The number of aryl methyl sites for hydroxylation is 2. The first-order valence-corrected chi connectivity index (χ1v) is 24.2. The molecule has 0 unspecified atom stereocenters. The van der Waals surface area contributed by atoms with Crippen LogP contribution in [0.5, 0.6) is 0 Å². The minimum atomic E-state index is 0.491. The predicted octanol–water partition coefficient (Wildman–Crippen LogP) is 16.6. The highest BCUT2D eigenvalue weighted by Crippen LogP contribution is 2.46. The third-order valence-corrected chi connectivity index (χ3v) is 14.0. The van der Waals surface area contributed by atoms with Crippen LogP contribution in [0.25, 0.3) is 123 Å². The minimum absolute atomic E-state index is 0.491. The average Bonchev–Trinajstić information content (AvgIpc) is 3.95. The van der Waals surface area contributed by atoms with E-state index < -0.39 is 0 Å². The Labute approximate surface area is 417 Å². The van der Waals surface area contributed by atoms with Gasteiger partial charge < -0.3 is 9.13 Å².